The van der Waals surface area contributed by atoms with Crippen molar-refractivity contribution in [2.24, 2.45) is 0 Å². The van der Waals surface area contributed by atoms with Crippen molar-refractivity contribution < 1.29 is 33.2 Å². The molecule has 228 valence electrons. The van der Waals surface area contributed by atoms with E-state index < -0.39 is 22.0 Å². The van der Waals surface area contributed by atoms with Crippen LogP contribution in [0.4, 0.5) is 11.4 Å². The largest absolute Gasteiger partial charge is 0.491 e. The van der Waals surface area contributed by atoms with Crippen molar-refractivity contribution in [1.82, 2.24) is 0 Å². The normalized spacial score (nSPS) is 13.2. The van der Waals surface area contributed by atoms with E-state index in [1.54, 1.807) is 24.3 Å². The summed E-state index contributed by atoms with van der Waals surface area (Å²) in [6.45, 7) is 4.20. The number of rotatable bonds is 14. The van der Waals surface area contributed by atoms with Crippen molar-refractivity contribution in [2.75, 3.05) is 37.4 Å². The topological polar surface area (TPSA) is 151 Å². The van der Waals surface area contributed by atoms with E-state index in [9.17, 15) is 18.6 Å². The van der Waals surface area contributed by atoms with E-state index in [4.69, 9.17) is 20.3 Å². The summed E-state index contributed by atoms with van der Waals surface area (Å²) < 4.78 is 36.9. The van der Waals surface area contributed by atoms with Gasteiger partial charge in [0.1, 0.15) is 36.9 Å². The van der Waals surface area contributed by atoms with Gasteiger partial charge in [0.15, 0.2) is 0 Å². The molecule has 0 saturated carbocycles. The van der Waals surface area contributed by atoms with Gasteiger partial charge in [-0.2, -0.15) is 0 Å². The Hall–Kier alpha value is -4.09. The van der Waals surface area contributed by atoms with Crippen LogP contribution in [0.5, 0.6) is 11.5 Å². The number of nitrogens with one attached hydrogen (secondary N) is 1. The van der Waals surface area contributed by atoms with Crippen LogP contribution in [-0.2, 0) is 15.3 Å². The third-order valence-electron chi connectivity index (χ3n) is 7.14. The van der Waals surface area contributed by atoms with E-state index in [2.05, 4.69) is 19.2 Å². The van der Waals surface area contributed by atoms with Gasteiger partial charge in [0, 0.05) is 23.3 Å². The molecule has 0 bridgehead atoms. The lowest BCUT2D eigenvalue weighted by Crippen LogP contribution is -2.26. The summed E-state index contributed by atoms with van der Waals surface area (Å²) in [5, 5.41) is 31.9. The summed E-state index contributed by atoms with van der Waals surface area (Å²) >= 11 is 0. The summed E-state index contributed by atoms with van der Waals surface area (Å²) in [6, 6.07) is 27.7. The second-order valence-corrected chi connectivity index (χ2v) is 12.7. The van der Waals surface area contributed by atoms with Gasteiger partial charge >= 0.3 is 0 Å². The molecule has 0 spiro atoms. The number of aliphatic hydroxyl groups excluding tert-OH is 3. The molecule has 0 saturated heterocycles. The maximum absolute atomic E-state index is 12.8. The first-order valence-corrected chi connectivity index (χ1v) is 15.4. The molecule has 9 nitrogen and oxygen atoms in total. The molecule has 4 aromatic carbocycles. The van der Waals surface area contributed by atoms with Crippen molar-refractivity contribution in [2.45, 2.75) is 41.3 Å². The molecule has 2 unspecified atom stereocenters. The van der Waals surface area contributed by atoms with Gasteiger partial charge in [-0.15, -0.1) is 0 Å². The predicted molar refractivity (Wildman–Crippen MR) is 166 cm³/mol. The average molecular weight is 607 g/mol. The van der Waals surface area contributed by atoms with Crippen molar-refractivity contribution in [3.63, 3.8) is 0 Å². The highest BCUT2D eigenvalue weighted by atomic mass is 32.2. The number of hydrogen-bond acceptors (Lipinski definition) is 9. The van der Waals surface area contributed by atoms with Gasteiger partial charge in [-0.1, -0.05) is 38.1 Å². The van der Waals surface area contributed by atoms with Crippen LogP contribution in [-0.4, -0.2) is 62.3 Å². The van der Waals surface area contributed by atoms with Crippen LogP contribution in [0.2, 0.25) is 0 Å². The second-order valence-electron chi connectivity index (χ2n) is 10.8. The zero-order valence-electron chi connectivity index (χ0n) is 24.2. The summed E-state index contributed by atoms with van der Waals surface area (Å²) in [5.74, 6) is 1.24. The molecule has 4 aromatic rings. The molecular weight excluding hydrogens is 568 g/mol. The highest BCUT2D eigenvalue weighted by molar-refractivity contribution is 7.91. The number of anilines is 2. The van der Waals surface area contributed by atoms with E-state index in [1.807, 2.05) is 48.5 Å². The summed E-state index contributed by atoms with van der Waals surface area (Å²) in [4.78, 5) is 0.336. The number of nitrogen functional groups attached to an aromatic ring is 1. The number of benzene rings is 4. The molecule has 0 aliphatic carbocycles. The number of ether oxygens (including phenoxy) is 2. The lowest BCUT2D eigenvalue weighted by molar-refractivity contribution is 0.0536. The quantitative estimate of drug-likeness (QED) is 0.134. The number of nitrogens with two attached hydrogens (primary N) is 1. The fourth-order valence-corrected chi connectivity index (χ4v) is 5.63. The van der Waals surface area contributed by atoms with Gasteiger partial charge in [-0.25, -0.2) is 8.42 Å². The van der Waals surface area contributed by atoms with Gasteiger partial charge in [0.05, 0.1) is 16.4 Å². The Kier molecular flexibility index (Phi) is 10.3. The lowest BCUT2D eigenvalue weighted by Gasteiger charge is -2.26. The Labute approximate surface area is 252 Å². The third kappa shape index (κ3) is 8.26. The Balaban J connectivity index is 1.26. The maximum Gasteiger partial charge on any atom is 0.206 e. The van der Waals surface area contributed by atoms with E-state index in [1.165, 1.54) is 24.3 Å². The first-order chi connectivity index (χ1) is 20.5. The minimum absolute atomic E-state index is 0.0248. The Morgan fingerprint density at radius 3 is 1.63 bits per heavy atom. The SMILES string of the molecule is CC(C)(c1ccc(OCC(O)CO)cc1)c1ccc(OCC(O)CNc2ccc(S(=O)(=O)c3ccc(N)cc3)cc2)cc1. The fourth-order valence-electron chi connectivity index (χ4n) is 4.37. The van der Waals surface area contributed by atoms with Crippen molar-refractivity contribution in [3.8, 4) is 11.5 Å². The van der Waals surface area contributed by atoms with Crippen LogP contribution >= 0.6 is 0 Å². The van der Waals surface area contributed by atoms with Crippen molar-refractivity contribution in [3.05, 3.63) is 108 Å². The molecule has 0 fully saturated rings. The van der Waals surface area contributed by atoms with Gasteiger partial charge in [-0.05, 0) is 83.9 Å². The summed E-state index contributed by atoms with van der Waals surface area (Å²) in [7, 11) is -3.65. The van der Waals surface area contributed by atoms with Gasteiger partial charge in [-0.3, -0.25) is 0 Å². The van der Waals surface area contributed by atoms with Crippen LogP contribution in [0.25, 0.3) is 0 Å². The monoisotopic (exact) mass is 606 g/mol. The van der Waals surface area contributed by atoms with E-state index in [-0.39, 0.29) is 41.6 Å². The Morgan fingerprint density at radius 1 is 0.721 bits per heavy atom. The summed E-state index contributed by atoms with van der Waals surface area (Å²) in [6.07, 6.45) is -1.71. The van der Waals surface area contributed by atoms with Gasteiger partial charge < -0.3 is 35.8 Å². The highest BCUT2D eigenvalue weighted by Crippen LogP contribution is 2.33. The van der Waals surface area contributed by atoms with Crippen LogP contribution < -0.4 is 20.5 Å². The van der Waals surface area contributed by atoms with E-state index in [0.29, 0.717) is 22.9 Å². The van der Waals surface area contributed by atoms with Crippen molar-refractivity contribution >= 4 is 21.2 Å². The van der Waals surface area contributed by atoms with Crippen LogP contribution in [0.3, 0.4) is 0 Å². The van der Waals surface area contributed by atoms with Gasteiger partial charge in [0.2, 0.25) is 9.84 Å². The standard InChI is InChI=1S/C33H38N2O7S/c1-33(2,24-5-13-30(14-6-24)42-22-28(38)20-36)23-3-11-29(12-4-23)41-21-27(37)19-35-26-9-17-32(18-10-26)43(39,40)31-15-7-25(34)8-16-31/h3-18,27-28,35-38H,19-22,34H2,1-2H3. The molecule has 0 aliphatic rings. The average Bonchev–Trinajstić information content (AvgIpc) is 3.02. The molecule has 43 heavy (non-hydrogen) atoms. The minimum atomic E-state index is -3.65. The van der Waals surface area contributed by atoms with Gasteiger partial charge in [0.25, 0.3) is 0 Å². The third-order valence-corrected chi connectivity index (χ3v) is 8.93. The Morgan fingerprint density at radius 2 is 1.16 bits per heavy atom. The molecule has 2 atom stereocenters. The highest BCUT2D eigenvalue weighted by Gasteiger charge is 2.23. The summed E-state index contributed by atoms with van der Waals surface area (Å²) in [5.41, 5.74) is 8.68. The molecule has 0 heterocycles. The van der Waals surface area contributed by atoms with Crippen LogP contribution in [0, 0.1) is 0 Å². The molecule has 6 N–H and O–H groups in total. The molecule has 0 radical (unpaired) electrons. The lowest BCUT2D eigenvalue weighted by atomic mass is 9.78. The molecule has 10 heteroatoms. The maximum atomic E-state index is 12.8. The smallest absolute Gasteiger partial charge is 0.206 e. The molecule has 0 aliphatic heterocycles. The molecule has 4 rings (SSSR count). The predicted octanol–water partition coefficient (Wildman–Crippen LogP) is 4.01. The number of sulfone groups is 1. The second kappa shape index (κ2) is 13.9. The van der Waals surface area contributed by atoms with Crippen molar-refractivity contribution in [1.29, 1.82) is 0 Å². The first-order valence-electron chi connectivity index (χ1n) is 13.9. The fraction of sp³-hybridized carbons (Fsp3) is 0.273. The van der Waals surface area contributed by atoms with E-state index >= 15 is 0 Å². The number of hydrogen-bond donors (Lipinski definition) is 5. The number of aliphatic hydroxyl groups is 3. The molecular formula is C33H38N2O7S. The zero-order valence-corrected chi connectivity index (χ0v) is 25.0. The molecule has 0 amide bonds. The Bertz CT molecular complexity index is 1560. The van der Waals surface area contributed by atoms with Crippen LogP contribution in [0.1, 0.15) is 25.0 Å². The van der Waals surface area contributed by atoms with E-state index in [0.717, 1.165) is 11.1 Å². The minimum Gasteiger partial charge on any atom is -0.491 e. The van der Waals surface area contributed by atoms with Crippen LogP contribution in [0.15, 0.2) is 107 Å². The molecule has 0 aromatic heterocycles. The first kappa shape index (κ1) is 31.8. The zero-order chi connectivity index (χ0) is 31.0.